The summed E-state index contributed by atoms with van der Waals surface area (Å²) in [4.78, 5) is 12.0. The molecule has 1 unspecified atom stereocenters. The number of aryl methyl sites for hydroxylation is 1. The van der Waals surface area contributed by atoms with Crippen molar-refractivity contribution in [3.8, 4) is 0 Å². The predicted molar refractivity (Wildman–Crippen MR) is 102 cm³/mol. The van der Waals surface area contributed by atoms with Crippen molar-refractivity contribution in [2.75, 3.05) is 20.2 Å². The fourth-order valence-electron chi connectivity index (χ4n) is 2.50. The summed E-state index contributed by atoms with van der Waals surface area (Å²) in [5.74, 6) is 0. The third-order valence-corrected chi connectivity index (χ3v) is 4.53. The van der Waals surface area contributed by atoms with Crippen LogP contribution in [0, 0.1) is 6.92 Å². The van der Waals surface area contributed by atoms with E-state index in [1.807, 2.05) is 31.2 Å². The second kappa shape index (κ2) is 8.88. The zero-order chi connectivity index (χ0) is 18.3. The lowest BCUT2D eigenvalue weighted by Crippen LogP contribution is -2.44. The number of carbonyl (C=O) groups excluding carboxylic acids is 1. The fraction of sp³-hybridized carbons (Fsp3) is 0.350. The topological polar surface area (TPSA) is 50.4 Å². The summed E-state index contributed by atoms with van der Waals surface area (Å²) < 4.78 is 5.61. The highest BCUT2D eigenvalue weighted by Crippen LogP contribution is 2.26. The van der Waals surface area contributed by atoms with Gasteiger partial charge in [0.05, 0.1) is 6.54 Å². The highest BCUT2D eigenvalue weighted by Gasteiger charge is 2.27. The molecule has 0 bridgehead atoms. The Balaban J connectivity index is 1.82. The van der Waals surface area contributed by atoms with E-state index < -0.39 is 5.60 Å². The highest BCUT2D eigenvalue weighted by atomic mass is 35.5. The largest absolute Gasteiger partial charge is 0.372 e. The predicted octanol–water partition coefficient (Wildman–Crippen LogP) is 4.05. The minimum atomic E-state index is -0.640. The molecule has 2 N–H and O–H groups in total. The van der Waals surface area contributed by atoms with Crippen molar-refractivity contribution >= 4 is 17.6 Å². The van der Waals surface area contributed by atoms with Gasteiger partial charge in [-0.2, -0.15) is 0 Å². The summed E-state index contributed by atoms with van der Waals surface area (Å²) in [7, 11) is 1.62. The molecule has 0 aliphatic rings. The van der Waals surface area contributed by atoms with Gasteiger partial charge in [-0.05, 0) is 43.5 Å². The molecule has 0 aromatic heterocycles. The van der Waals surface area contributed by atoms with Gasteiger partial charge in [-0.15, -0.1) is 0 Å². The number of nitrogens with one attached hydrogen (secondary N) is 2. The van der Waals surface area contributed by atoms with Crippen LogP contribution < -0.4 is 10.6 Å². The van der Waals surface area contributed by atoms with E-state index in [4.69, 9.17) is 16.3 Å². The molecule has 0 aliphatic carbocycles. The zero-order valence-corrected chi connectivity index (χ0v) is 15.7. The number of rotatable bonds is 7. The molecule has 0 heterocycles. The van der Waals surface area contributed by atoms with Crippen LogP contribution in [-0.2, 0) is 16.8 Å². The van der Waals surface area contributed by atoms with Crippen molar-refractivity contribution in [2.45, 2.75) is 25.9 Å². The average molecular weight is 361 g/mol. The smallest absolute Gasteiger partial charge is 0.314 e. The molecule has 0 spiro atoms. The number of benzene rings is 2. The first kappa shape index (κ1) is 19.3. The van der Waals surface area contributed by atoms with Gasteiger partial charge in [0.2, 0.25) is 0 Å². The fourth-order valence-corrected chi connectivity index (χ4v) is 2.69. The number of hydrogen-bond donors (Lipinski definition) is 2. The molecule has 0 radical (unpaired) electrons. The van der Waals surface area contributed by atoms with Crippen LogP contribution in [0.1, 0.15) is 23.6 Å². The highest BCUT2D eigenvalue weighted by molar-refractivity contribution is 6.30. The molecule has 5 heteroatoms. The van der Waals surface area contributed by atoms with E-state index >= 15 is 0 Å². The number of urea groups is 1. The van der Waals surface area contributed by atoms with Crippen LogP contribution in [-0.4, -0.2) is 26.2 Å². The zero-order valence-electron chi connectivity index (χ0n) is 14.9. The van der Waals surface area contributed by atoms with Crippen molar-refractivity contribution in [1.82, 2.24) is 10.6 Å². The molecule has 0 fully saturated rings. The molecule has 2 rings (SSSR count). The first-order valence-corrected chi connectivity index (χ1v) is 8.69. The summed E-state index contributed by atoms with van der Waals surface area (Å²) in [6.07, 6.45) is 0.795. The summed E-state index contributed by atoms with van der Waals surface area (Å²) in [5.41, 5.74) is 2.71. The first-order chi connectivity index (χ1) is 11.9. The standard InChI is InChI=1S/C20H25ClN2O2/c1-15-7-9-16(10-8-15)11-12-22-19(24)23-14-20(2,25-3)17-5-4-6-18(21)13-17/h4-10,13H,11-12,14H2,1-3H3,(H2,22,23,24). The van der Waals surface area contributed by atoms with Crippen molar-refractivity contribution in [2.24, 2.45) is 0 Å². The second-order valence-electron chi connectivity index (χ2n) is 6.29. The number of methoxy groups -OCH3 is 1. The number of carbonyl (C=O) groups is 1. The number of halogens is 1. The summed E-state index contributed by atoms with van der Waals surface area (Å²) in [5, 5.41) is 6.38. The third kappa shape index (κ3) is 5.76. The Hall–Kier alpha value is -2.04. The van der Waals surface area contributed by atoms with E-state index in [0.29, 0.717) is 18.1 Å². The Kier molecular flexibility index (Phi) is 6.85. The maximum absolute atomic E-state index is 12.0. The van der Waals surface area contributed by atoms with E-state index in [9.17, 15) is 4.79 Å². The molecule has 1 atom stereocenters. The van der Waals surface area contributed by atoms with Gasteiger partial charge >= 0.3 is 6.03 Å². The molecule has 2 aromatic carbocycles. The molecule has 0 aliphatic heterocycles. The van der Waals surface area contributed by atoms with Gasteiger partial charge in [0.1, 0.15) is 5.60 Å². The summed E-state index contributed by atoms with van der Waals surface area (Å²) in [6.45, 7) is 4.91. The van der Waals surface area contributed by atoms with Crippen molar-refractivity contribution in [1.29, 1.82) is 0 Å². The van der Waals surface area contributed by atoms with Crippen LogP contribution in [0.2, 0.25) is 5.02 Å². The molecule has 134 valence electrons. The van der Waals surface area contributed by atoms with Crippen LogP contribution >= 0.6 is 11.6 Å². The Morgan fingerprint density at radius 3 is 2.52 bits per heavy atom. The first-order valence-electron chi connectivity index (χ1n) is 8.31. The second-order valence-corrected chi connectivity index (χ2v) is 6.73. The van der Waals surface area contributed by atoms with E-state index in [1.165, 1.54) is 11.1 Å². The molecule has 0 saturated carbocycles. The van der Waals surface area contributed by atoms with E-state index in [1.54, 1.807) is 7.11 Å². The van der Waals surface area contributed by atoms with Crippen LogP contribution in [0.5, 0.6) is 0 Å². The van der Waals surface area contributed by atoms with Gasteiger partial charge in [0.25, 0.3) is 0 Å². The molecule has 2 amide bonds. The summed E-state index contributed by atoms with van der Waals surface area (Å²) >= 11 is 6.05. The minimum Gasteiger partial charge on any atom is -0.372 e. The van der Waals surface area contributed by atoms with Crippen LogP contribution in [0.3, 0.4) is 0 Å². The van der Waals surface area contributed by atoms with Crippen molar-refractivity contribution in [3.63, 3.8) is 0 Å². The average Bonchev–Trinajstić information content (AvgIpc) is 2.61. The van der Waals surface area contributed by atoms with Crippen molar-refractivity contribution < 1.29 is 9.53 Å². The Morgan fingerprint density at radius 2 is 1.88 bits per heavy atom. The molecular formula is C20H25ClN2O2. The van der Waals surface area contributed by atoms with Gasteiger partial charge in [-0.3, -0.25) is 0 Å². The maximum Gasteiger partial charge on any atom is 0.314 e. The monoisotopic (exact) mass is 360 g/mol. The minimum absolute atomic E-state index is 0.211. The molecule has 25 heavy (non-hydrogen) atoms. The maximum atomic E-state index is 12.0. The van der Waals surface area contributed by atoms with E-state index in [0.717, 1.165) is 12.0 Å². The molecular weight excluding hydrogens is 336 g/mol. The summed E-state index contributed by atoms with van der Waals surface area (Å²) in [6, 6.07) is 15.6. The lowest BCUT2D eigenvalue weighted by molar-refractivity contribution is 0.00489. The third-order valence-electron chi connectivity index (χ3n) is 4.29. The number of amides is 2. The van der Waals surface area contributed by atoms with E-state index in [-0.39, 0.29) is 6.03 Å². The normalized spacial score (nSPS) is 13.1. The van der Waals surface area contributed by atoms with Gasteiger partial charge in [0, 0.05) is 18.7 Å². The van der Waals surface area contributed by atoms with Gasteiger partial charge in [-0.1, -0.05) is 53.6 Å². The Labute approximate surface area is 154 Å². The Bertz CT molecular complexity index is 703. The van der Waals surface area contributed by atoms with Gasteiger partial charge in [0.15, 0.2) is 0 Å². The number of ether oxygens (including phenoxy) is 1. The van der Waals surface area contributed by atoms with Crippen LogP contribution in [0.25, 0.3) is 0 Å². The lowest BCUT2D eigenvalue weighted by atomic mass is 9.96. The molecule has 4 nitrogen and oxygen atoms in total. The van der Waals surface area contributed by atoms with Crippen LogP contribution in [0.15, 0.2) is 48.5 Å². The lowest BCUT2D eigenvalue weighted by Gasteiger charge is -2.29. The van der Waals surface area contributed by atoms with Crippen LogP contribution in [0.4, 0.5) is 4.79 Å². The number of hydrogen-bond acceptors (Lipinski definition) is 2. The van der Waals surface area contributed by atoms with Crippen molar-refractivity contribution in [3.05, 3.63) is 70.2 Å². The molecule has 0 saturated heterocycles. The van der Waals surface area contributed by atoms with Gasteiger partial charge < -0.3 is 15.4 Å². The quantitative estimate of drug-likeness (QED) is 0.782. The van der Waals surface area contributed by atoms with Gasteiger partial charge in [-0.25, -0.2) is 4.79 Å². The molecule has 2 aromatic rings. The Morgan fingerprint density at radius 1 is 1.16 bits per heavy atom. The SMILES string of the molecule is COC(C)(CNC(=O)NCCc1ccc(C)cc1)c1cccc(Cl)c1. The van der Waals surface area contributed by atoms with E-state index in [2.05, 4.69) is 41.8 Å².